The van der Waals surface area contributed by atoms with Gasteiger partial charge in [-0.3, -0.25) is 5.10 Å². The molecule has 3 heteroatoms. The molecular formula is C9H13N3. The second-order valence-electron chi connectivity index (χ2n) is 3.84. The summed E-state index contributed by atoms with van der Waals surface area (Å²) < 4.78 is 0. The van der Waals surface area contributed by atoms with Gasteiger partial charge in [-0.05, 0) is 0 Å². The summed E-state index contributed by atoms with van der Waals surface area (Å²) >= 11 is 0. The Morgan fingerprint density at radius 1 is 1.58 bits per heavy atom. The summed E-state index contributed by atoms with van der Waals surface area (Å²) in [7, 11) is 0. The normalized spacial score (nSPS) is 11.2. The van der Waals surface area contributed by atoms with Gasteiger partial charge in [0.25, 0.3) is 0 Å². The fourth-order valence-electron chi connectivity index (χ4n) is 1.17. The van der Waals surface area contributed by atoms with Crippen LogP contribution in [0.2, 0.25) is 0 Å². The molecule has 0 saturated heterocycles. The second-order valence-corrected chi connectivity index (χ2v) is 3.84. The molecule has 0 amide bonds. The van der Waals surface area contributed by atoms with Gasteiger partial charge in [0, 0.05) is 5.41 Å². The van der Waals surface area contributed by atoms with Gasteiger partial charge in [0.2, 0.25) is 6.54 Å². The van der Waals surface area contributed by atoms with E-state index in [1.807, 2.05) is 0 Å². The van der Waals surface area contributed by atoms with Crippen molar-refractivity contribution in [3.8, 4) is 0 Å². The Kier molecular flexibility index (Phi) is 2.18. The molecule has 0 aromatic carbocycles. The zero-order valence-corrected chi connectivity index (χ0v) is 7.68. The van der Waals surface area contributed by atoms with E-state index in [-0.39, 0.29) is 5.41 Å². The molecule has 0 unspecified atom stereocenters. The summed E-state index contributed by atoms with van der Waals surface area (Å²) in [6.45, 7) is 13.5. The van der Waals surface area contributed by atoms with Crippen LogP contribution in [0.4, 0.5) is 0 Å². The zero-order valence-electron chi connectivity index (χ0n) is 7.68. The van der Waals surface area contributed by atoms with Crippen molar-refractivity contribution in [3.63, 3.8) is 0 Å². The first kappa shape index (κ1) is 8.79. The minimum atomic E-state index is 0.0521. The summed E-state index contributed by atoms with van der Waals surface area (Å²) in [6.07, 6.45) is 1.73. The average molecular weight is 163 g/mol. The highest BCUT2D eigenvalue weighted by molar-refractivity contribution is 5.24. The van der Waals surface area contributed by atoms with Crippen LogP contribution in [0.1, 0.15) is 32.0 Å². The van der Waals surface area contributed by atoms with Crippen molar-refractivity contribution < 1.29 is 0 Å². The first-order chi connectivity index (χ1) is 5.55. The van der Waals surface area contributed by atoms with Crippen LogP contribution in [0.25, 0.3) is 4.85 Å². The van der Waals surface area contributed by atoms with Crippen LogP contribution < -0.4 is 0 Å². The van der Waals surface area contributed by atoms with Crippen LogP contribution in [0, 0.1) is 6.57 Å². The summed E-state index contributed by atoms with van der Waals surface area (Å²) in [5.41, 5.74) is 2.13. The number of hydrogen-bond donors (Lipinski definition) is 1. The van der Waals surface area contributed by atoms with Gasteiger partial charge in [-0.25, -0.2) is 6.57 Å². The lowest BCUT2D eigenvalue weighted by atomic mass is 9.90. The number of aromatic nitrogens is 2. The largest absolute Gasteiger partial charge is 0.312 e. The fraction of sp³-hybridized carbons (Fsp3) is 0.556. The molecule has 1 heterocycles. The first-order valence-electron chi connectivity index (χ1n) is 3.91. The number of H-pyrrole nitrogens is 1. The van der Waals surface area contributed by atoms with Gasteiger partial charge < -0.3 is 4.85 Å². The first-order valence-corrected chi connectivity index (χ1v) is 3.91. The Hall–Kier alpha value is -1.30. The molecule has 0 aliphatic carbocycles. The van der Waals surface area contributed by atoms with Crippen molar-refractivity contribution in [2.24, 2.45) is 0 Å². The number of nitrogens with zero attached hydrogens (tertiary/aromatic N) is 2. The Balaban J connectivity index is 3.01. The molecule has 1 aromatic heterocycles. The Labute approximate surface area is 72.6 Å². The summed E-state index contributed by atoms with van der Waals surface area (Å²) in [5, 5.41) is 6.88. The Morgan fingerprint density at radius 2 is 2.25 bits per heavy atom. The Morgan fingerprint density at radius 3 is 2.75 bits per heavy atom. The van der Waals surface area contributed by atoms with E-state index >= 15 is 0 Å². The smallest absolute Gasteiger partial charge is 0.243 e. The van der Waals surface area contributed by atoms with Crippen molar-refractivity contribution in [1.82, 2.24) is 10.2 Å². The molecule has 0 saturated carbocycles. The van der Waals surface area contributed by atoms with Crippen LogP contribution in [-0.4, -0.2) is 10.2 Å². The van der Waals surface area contributed by atoms with Crippen LogP contribution >= 0.6 is 0 Å². The number of rotatable bonds is 1. The maximum Gasteiger partial charge on any atom is 0.243 e. The third kappa shape index (κ3) is 1.65. The number of aromatic amines is 1. The monoisotopic (exact) mass is 163 g/mol. The second kappa shape index (κ2) is 2.98. The van der Waals surface area contributed by atoms with Gasteiger partial charge in [0.15, 0.2) is 0 Å². The lowest BCUT2D eigenvalue weighted by molar-refractivity contribution is 0.562. The molecule has 0 atom stereocenters. The molecule has 0 spiro atoms. The fourth-order valence-corrected chi connectivity index (χ4v) is 1.17. The number of hydrogen-bond acceptors (Lipinski definition) is 1. The van der Waals surface area contributed by atoms with E-state index in [1.54, 1.807) is 6.20 Å². The van der Waals surface area contributed by atoms with E-state index in [2.05, 4.69) is 35.8 Å². The highest BCUT2D eigenvalue weighted by Gasteiger charge is 2.20. The zero-order chi connectivity index (χ0) is 9.19. The minimum Gasteiger partial charge on any atom is -0.312 e. The topological polar surface area (TPSA) is 33.0 Å². The molecule has 0 aliphatic heterocycles. The van der Waals surface area contributed by atoms with E-state index < -0.39 is 0 Å². The molecule has 1 aromatic rings. The highest BCUT2D eigenvalue weighted by atomic mass is 15.1. The molecule has 0 bridgehead atoms. The molecule has 3 nitrogen and oxygen atoms in total. The predicted molar refractivity (Wildman–Crippen MR) is 47.6 cm³/mol. The van der Waals surface area contributed by atoms with E-state index in [9.17, 15) is 0 Å². The molecule has 1 rings (SSSR count). The maximum atomic E-state index is 6.76. The van der Waals surface area contributed by atoms with Crippen molar-refractivity contribution >= 4 is 0 Å². The van der Waals surface area contributed by atoms with Crippen molar-refractivity contribution in [3.05, 3.63) is 28.9 Å². The van der Waals surface area contributed by atoms with Crippen molar-refractivity contribution in [1.29, 1.82) is 0 Å². The van der Waals surface area contributed by atoms with Crippen LogP contribution in [0.5, 0.6) is 0 Å². The van der Waals surface area contributed by atoms with E-state index in [1.165, 1.54) is 0 Å². The summed E-state index contributed by atoms with van der Waals surface area (Å²) in [6, 6.07) is 0. The standard InChI is InChI=1S/C9H13N3/c1-9(2,3)8-7(5-10-4)6-11-12-8/h6H,5H2,1-3H3,(H,11,12). The van der Waals surface area contributed by atoms with Crippen molar-refractivity contribution in [2.75, 3.05) is 0 Å². The minimum absolute atomic E-state index is 0.0521. The summed E-state index contributed by atoms with van der Waals surface area (Å²) in [4.78, 5) is 3.34. The van der Waals surface area contributed by atoms with Crippen molar-refractivity contribution in [2.45, 2.75) is 32.7 Å². The van der Waals surface area contributed by atoms with Crippen LogP contribution in [0.3, 0.4) is 0 Å². The molecular weight excluding hydrogens is 150 g/mol. The lowest BCUT2D eigenvalue weighted by Crippen LogP contribution is -2.13. The van der Waals surface area contributed by atoms with Gasteiger partial charge >= 0.3 is 0 Å². The molecule has 0 aliphatic rings. The summed E-state index contributed by atoms with van der Waals surface area (Å²) in [5.74, 6) is 0. The third-order valence-electron chi connectivity index (χ3n) is 1.72. The van der Waals surface area contributed by atoms with Crippen LogP contribution in [0.15, 0.2) is 6.20 Å². The average Bonchev–Trinajstić information content (AvgIpc) is 2.34. The Bertz CT molecular complexity index is 298. The maximum absolute atomic E-state index is 6.76. The van der Waals surface area contributed by atoms with Gasteiger partial charge in [0.05, 0.1) is 17.5 Å². The quantitative estimate of drug-likeness (QED) is 0.632. The van der Waals surface area contributed by atoms with Gasteiger partial charge in [-0.15, -0.1) is 0 Å². The molecule has 1 N–H and O–H groups in total. The lowest BCUT2D eigenvalue weighted by Gasteiger charge is -2.16. The van der Waals surface area contributed by atoms with E-state index in [0.29, 0.717) is 6.54 Å². The molecule has 64 valence electrons. The van der Waals surface area contributed by atoms with E-state index in [4.69, 9.17) is 6.57 Å². The van der Waals surface area contributed by atoms with Gasteiger partial charge in [-0.2, -0.15) is 5.10 Å². The highest BCUT2D eigenvalue weighted by Crippen LogP contribution is 2.23. The number of nitrogens with one attached hydrogen (secondary N) is 1. The van der Waals surface area contributed by atoms with Crippen LogP contribution in [-0.2, 0) is 12.0 Å². The SMILES string of the molecule is [C-]#[N+]Cc1cn[nH]c1C(C)(C)C. The molecule has 0 radical (unpaired) electrons. The van der Waals surface area contributed by atoms with E-state index in [0.717, 1.165) is 11.3 Å². The molecule has 12 heavy (non-hydrogen) atoms. The van der Waals surface area contributed by atoms with Gasteiger partial charge in [0.1, 0.15) is 0 Å². The van der Waals surface area contributed by atoms with Gasteiger partial charge in [-0.1, -0.05) is 20.8 Å². The molecule has 0 fully saturated rings. The third-order valence-corrected chi connectivity index (χ3v) is 1.72. The predicted octanol–water partition coefficient (Wildman–Crippen LogP) is 2.13.